The molecule has 0 radical (unpaired) electrons. The number of ether oxygens (including phenoxy) is 1. The topological polar surface area (TPSA) is 29.5 Å². The first kappa shape index (κ1) is 25.4. The summed E-state index contributed by atoms with van der Waals surface area (Å²) in [7, 11) is 0. The molecule has 0 aliphatic heterocycles. The van der Waals surface area contributed by atoms with Gasteiger partial charge in [-0.3, -0.25) is 4.79 Å². The van der Waals surface area contributed by atoms with Gasteiger partial charge < -0.3 is 9.64 Å². The van der Waals surface area contributed by atoms with Crippen molar-refractivity contribution < 1.29 is 9.53 Å². The third-order valence-electron chi connectivity index (χ3n) is 5.26. The molecule has 3 nitrogen and oxygen atoms in total. The molecule has 0 bridgehead atoms. The molecular formula is C23H47NO2. The number of unbranched alkanes of at least 4 members (excludes halogenated alkanes) is 12. The van der Waals surface area contributed by atoms with Gasteiger partial charge in [0.15, 0.2) is 0 Å². The molecule has 0 aromatic rings. The van der Waals surface area contributed by atoms with E-state index in [4.69, 9.17) is 4.74 Å². The van der Waals surface area contributed by atoms with Crippen LogP contribution in [0.5, 0.6) is 0 Å². The molecule has 0 saturated carbocycles. The summed E-state index contributed by atoms with van der Waals surface area (Å²) in [5, 5.41) is 0. The van der Waals surface area contributed by atoms with E-state index >= 15 is 0 Å². The van der Waals surface area contributed by atoms with E-state index in [-0.39, 0.29) is 5.97 Å². The molecule has 3 heteroatoms. The smallest absolute Gasteiger partial charge is 0.305 e. The molecule has 0 aliphatic carbocycles. The molecule has 0 amide bonds. The lowest BCUT2D eigenvalue weighted by Crippen LogP contribution is -2.24. The van der Waals surface area contributed by atoms with E-state index in [0.717, 1.165) is 38.9 Å². The van der Waals surface area contributed by atoms with Gasteiger partial charge in [-0.05, 0) is 38.9 Å². The Morgan fingerprint density at radius 2 is 1.15 bits per heavy atom. The van der Waals surface area contributed by atoms with Crippen molar-refractivity contribution in [3.8, 4) is 0 Å². The Bertz CT molecular complexity index is 290. The molecule has 0 fully saturated rings. The van der Waals surface area contributed by atoms with Crippen molar-refractivity contribution in [3.63, 3.8) is 0 Å². The number of rotatable bonds is 20. The Kier molecular flexibility index (Phi) is 20.3. The Balaban J connectivity index is 3.22. The first-order chi connectivity index (χ1) is 12.7. The Morgan fingerprint density at radius 3 is 1.65 bits per heavy atom. The monoisotopic (exact) mass is 369 g/mol. The average molecular weight is 370 g/mol. The van der Waals surface area contributed by atoms with E-state index in [1.165, 1.54) is 70.6 Å². The summed E-state index contributed by atoms with van der Waals surface area (Å²) in [5.74, 6) is -0.0000755. The fourth-order valence-electron chi connectivity index (χ4n) is 3.35. The van der Waals surface area contributed by atoms with Crippen LogP contribution in [0, 0.1) is 0 Å². The standard InChI is InChI=1S/C23H47NO2/c1-4-7-8-9-10-11-12-13-14-15-16-17-20-23(25)26-22-19-18-21-24(5-2)6-3/h4-22H2,1-3H3. The summed E-state index contributed by atoms with van der Waals surface area (Å²) < 4.78 is 5.33. The van der Waals surface area contributed by atoms with Crippen LogP contribution in [0.25, 0.3) is 0 Å². The van der Waals surface area contributed by atoms with Crippen LogP contribution in [0.15, 0.2) is 0 Å². The highest BCUT2D eigenvalue weighted by Gasteiger charge is 2.03. The van der Waals surface area contributed by atoms with Crippen LogP contribution in [0.3, 0.4) is 0 Å². The maximum absolute atomic E-state index is 11.7. The molecule has 0 unspecified atom stereocenters. The Hall–Kier alpha value is -0.570. The molecule has 156 valence electrons. The second-order valence-electron chi connectivity index (χ2n) is 7.59. The molecular weight excluding hydrogens is 322 g/mol. The van der Waals surface area contributed by atoms with Gasteiger partial charge in [-0.2, -0.15) is 0 Å². The first-order valence-corrected chi connectivity index (χ1v) is 11.6. The van der Waals surface area contributed by atoms with E-state index < -0.39 is 0 Å². The second kappa shape index (κ2) is 20.7. The van der Waals surface area contributed by atoms with Gasteiger partial charge in [0.1, 0.15) is 0 Å². The van der Waals surface area contributed by atoms with Crippen molar-refractivity contribution in [2.75, 3.05) is 26.2 Å². The maximum atomic E-state index is 11.7. The largest absolute Gasteiger partial charge is 0.466 e. The lowest BCUT2D eigenvalue weighted by atomic mass is 10.0. The third-order valence-corrected chi connectivity index (χ3v) is 5.26. The molecule has 0 atom stereocenters. The Morgan fingerprint density at radius 1 is 0.654 bits per heavy atom. The van der Waals surface area contributed by atoms with Gasteiger partial charge in [-0.1, -0.05) is 91.4 Å². The van der Waals surface area contributed by atoms with Crippen LogP contribution in [-0.2, 0) is 9.53 Å². The van der Waals surface area contributed by atoms with Gasteiger partial charge in [-0.25, -0.2) is 0 Å². The van der Waals surface area contributed by atoms with E-state index in [1.54, 1.807) is 0 Å². The van der Waals surface area contributed by atoms with Crippen molar-refractivity contribution in [3.05, 3.63) is 0 Å². The van der Waals surface area contributed by atoms with Gasteiger partial charge in [0.05, 0.1) is 6.61 Å². The highest BCUT2D eigenvalue weighted by molar-refractivity contribution is 5.69. The number of hydrogen-bond acceptors (Lipinski definition) is 3. The van der Waals surface area contributed by atoms with E-state index in [0.29, 0.717) is 13.0 Å². The van der Waals surface area contributed by atoms with Gasteiger partial charge in [0.25, 0.3) is 0 Å². The number of hydrogen-bond donors (Lipinski definition) is 0. The molecule has 0 aromatic carbocycles. The van der Waals surface area contributed by atoms with Crippen molar-refractivity contribution >= 4 is 5.97 Å². The fourth-order valence-corrected chi connectivity index (χ4v) is 3.35. The van der Waals surface area contributed by atoms with Crippen LogP contribution < -0.4 is 0 Å². The quantitative estimate of drug-likeness (QED) is 0.176. The van der Waals surface area contributed by atoms with Crippen molar-refractivity contribution in [2.45, 2.75) is 117 Å². The van der Waals surface area contributed by atoms with Gasteiger partial charge in [-0.15, -0.1) is 0 Å². The van der Waals surface area contributed by atoms with Crippen molar-refractivity contribution in [1.82, 2.24) is 4.90 Å². The zero-order chi connectivity index (χ0) is 19.3. The summed E-state index contributed by atoms with van der Waals surface area (Å²) in [5.41, 5.74) is 0. The molecule has 0 aliphatic rings. The zero-order valence-electron chi connectivity index (χ0n) is 18.2. The third kappa shape index (κ3) is 18.2. The molecule has 26 heavy (non-hydrogen) atoms. The highest BCUT2D eigenvalue weighted by Crippen LogP contribution is 2.12. The van der Waals surface area contributed by atoms with E-state index in [2.05, 4.69) is 25.7 Å². The number of nitrogens with zero attached hydrogens (tertiary/aromatic N) is 1. The molecule has 0 saturated heterocycles. The molecule has 0 rings (SSSR count). The van der Waals surface area contributed by atoms with Crippen LogP contribution in [-0.4, -0.2) is 37.1 Å². The predicted octanol–water partition coefficient (Wildman–Crippen LogP) is 6.74. The van der Waals surface area contributed by atoms with Crippen LogP contribution in [0.2, 0.25) is 0 Å². The minimum atomic E-state index is -0.0000755. The lowest BCUT2D eigenvalue weighted by Gasteiger charge is -2.17. The lowest BCUT2D eigenvalue weighted by molar-refractivity contribution is -0.143. The fraction of sp³-hybridized carbons (Fsp3) is 0.957. The first-order valence-electron chi connectivity index (χ1n) is 11.6. The number of carbonyl (C=O) groups excluding carboxylic acids is 1. The summed E-state index contributed by atoms with van der Waals surface area (Å²) in [6.07, 6.45) is 18.6. The minimum Gasteiger partial charge on any atom is -0.466 e. The average Bonchev–Trinajstić information content (AvgIpc) is 2.65. The number of esters is 1. The zero-order valence-corrected chi connectivity index (χ0v) is 18.2. The van der Waals surface area contributed by atoms with Crippen molar-refractivity contribution in [1.29, 1.82) is 0 Å². The maximum Gasteiger partial charge on any atom is 0.305 e. The summed E-state index contributed by atoms with van der Waals surface area (Å²) in [6.45, 7) is 10.6. The molecule has 0 N–H and O–H groups in total. The molecule has 0 aromatic heterocycles. The normalized spacial score (nSPS) is 11.2. The number of carbonyl (C=O) groups is 1. The minimum absolute atomic E-state index is 0.0000755. The highest BCUT2D eigenvalue weighted by atomic mass is 16.5. The van der Waals surface area contributed by atoms with Crippen LogP contribution in [0.4, 0.5) is 0 Å². The van der Waals surface area contributed by atoms with Gasteiger partial charge in [0.2, 0.25) is 0 Å². The summed E-state index contributed by atoms with van der Waals surface area (Å²) in [4.78, 5) is 14.1. The van der Waals surface area contributed by atoms with Crippen LogP contribution in [0.1, 0.15) is 117 Å². The second-order valence-corrected chi connectivity index (χ2v) is 7.59. The van der Waals surface area contributed by atoms with Crippen molar-refractivity contribution in [2.24, 2.45) is 0 Å². The van der Waals surface area contributed by atoms with E-state index in [1.807, 2.05) is 0 Å². The predicted molar refractivity (Wildman–Crippen MR) is 114 cm³/mol. The van der Waals surface area contributed by atoms with Gasteiger partial charge in [0, 0.05) is 6.42 Å². The van der Waals surface area contributed by atoms with Crippen LogP contribution >= 0.6 is 0 Å². The molecule has 0 spiro atoms. The summed E-state index contributed by atoms with van der Waals surface area (Å²) in [6, 6.07) is 0. The van der Waals surface area contributed by atoms with E-state index in [9.17, 15) is 4.79 Å². The molecule has 0 heterocycles. The van der Waals surface area contributed by atoms with Gasteiger partial charge >= 0.3 is 5.97 Å². The summed E-state index contributed by atoms with van der Waals surface area (Å²) >= 11 is 0. The Labute approximate surface area is 164 Å². The SMILES string of the molecule is CCCCCCCCCCCCCCC(=O)OCCCCN(CC)CC.